The van der Waals surface area contributed by atoms with Crippen LogP contribution in [0.2, 0.25) is 0 Å². The summed E-state index contributed by atoms with van der Waals surface area (Å²) in [5.74, 6) is -0.547. The summed E-state index contributed by atoms with van der Waals surface area (Å²) in [4.78, 5) is 23.6. The van der Waals surface area contributed by atoms with Crippen molar-refractivity contribution in [3.8, 4) is 5.95 Å². The van der Waals surface area contributed by atoms with Gasteiger partial charge in [-0.3, -0.25) is 9.59 Å². The summed E-state index contributed by atoms with van der Waals surface area (Å²) in [5, 5.41) is 12.1. The highest BCUT2D eigenvalue weighted by Crippen LogP contribution is 2.31. The van der Waals surface area contributed by atoms with Crippen LogP contribution < -0.4 is 5.43 Å². The van der Waals surface area contributed by atoms with Crippen molar-refractivity contribution in [3.63, 3.8) is 0 Å². The summed E-state index contributed by atoms with van der Waals surface area (Å²) in [6.07, 6.45) is 1.03. The number of benzene rings is 2. The molecule has 0 bridgehead atoms. The number of hydrogen-bond donors (Lipinski definition) is 1. The zero-order valence-corrected chi connectivity index (χ0v) is 11.6. The highest BCUT2D eigenvalue weighted by Gasteiger charge is 2.15. The molecule has 0 amide bonds. The van der Waals surface area contributed by atoms with Crippen LogP contribution in [-0.4, -0.2) is 10.9 Å². The van der Waals surface area contributed by atoms with Crippen molar-refractivity contribution in [2.24, 2.45) is 0 Å². The number of fused-ring (bicyclic) bond motifs is 3. The lowest BCUT2D eigenvalue weighted by molar-refractivity contribution is 0.0975. The van der Waals surface area contributed by atoms with Crippen LogP contribution in [0, 0.1) is 0 Å². The van der Waals surface area contributed by atoms with E-state index in [0.717, 1.165) is 5.39 Å². The van der Waals surface area contributed by atoms with Crippen LogP contribution in [0.4, 0.5) is 0 Å². The van der Waals surface area contributed by atoms with Crippen molar-refractivity contribution >= 4 is 27.5 Å². The van der Waals surface area contributed by atoms with Crippen molar-refractivity contribution in [2.45, 2.75) is 19.8 Å². The number of ketones is 1. The molecule has 0 atom stereocenters. The average molecular weight is 282 g/mol. The minimum absolute atomic E-state index is 0.107. The second kappa shape index (κ2) is 5.05. The standard InChI is InChI=1S/C17H14O4/c1-2-3-15(19)14-9-13-12-8-11(18)6-4-10(12)5-7-16(13)21-17(14)20/h4-9,20H,2-3H2,1H3. The van der Waals surface area contributed by atoms with E-state index in [1.807, 2.05) is 13.0 Å². The molecule has 3 aromatic rings. The number of Topliss-reactive ketones (excluding diaryl/α,β-unsaturated/α-hetero) is 1. The third-order valence-corrected chi connectivity index (χ3v) is 3.50. The van der Waals surface area contributed by atoms with E-state index in [-0.39, 0.29) is 22.7 Å². The second-order valence-corrected chi connectivity index (χ2v) is 5.00. The first-order chi connectivity index (χ1) is 10.1. The molecule has 1 aromatic heterocycles. The van der Waals surface area contributed by atoms with Crippen molar-refractivity contribution in [1.82, 2.24) is 0 Å². The van der Waals surface area contributed by atoms with E-state index in [4.69, 9.17) is 4.42 Å². The zero-order chi connectivity index (χ0) is 15.0. The van der Waals surface area contributed by atoms with Crippen molar-refractivity contribution < 1.29 is 14.3 Å². The Hall–Kier alpha value is -2.62. The van der Waals surface area contributed by atoms with Gasteiger partial charge in [0.25, 0.3) is 5.95 Å². The van der Waals surface area contributed by atoms with Gasteiger partial charge in [0.05, 0.1) is 5.56 Å². The molecule has 21 heavy (non-hydrogen) atoms. The average Bonchev–Trinajstić information content (AvgIpc) is 2.46. The van der Waals surface area contributed by atoms with Crippen LogP contribution in [0.1, 0.15) is 30.1 Å². The monoisotopic (exact) mass is 282 g/mol. The Bertz CT molecular complexity index is 906. The number of aromatic hydroxyl groups is 1. The van der Waals surface area contributed by atoms with Gasteiger partial charge in [-0.2, -0.15) is 0 Å². The predicted octanol–water partition coefficient (Wildman–Crippen LogP) is 3.63. The molecule has 0 radical (unpaired) electrons. The summed E-state index contributed by atoms with van der Waals surface area (Å²) in [6, 6.07) is 9.88. The first-order valence-corrected chi connectivity index (χ1v) is 6.83. The van der Waals surface area contributed by atoms with E-state index in [9.17, 15) is 14.7 Å². The van der Waals surface area contributed by atoms with E-state index in [1.165, 1.54) is 12.1 Å². The lowest BCUT2D eigenvalue weighted by Gasteiger charge is -2.07. The lowest BCUT2D eigenvalue weighted by Crippen LogP contribution is -1.99. The molecule has 0 fully saturated rings. The Labute approximate surface area is 120 Å². The molecule has 2 aromatic carbocycles. The van der Waals surface area contributed by atoms with Crippen molar-refractivity contribution in [2.75, 3.05) is 0 Å². The number of rotatable bonds is 3. The number of hydrogen-bond acceptors (Lipinski definition) is 4. The fourth-order valence-electron chi connectivity index (χ4n) is 2.47. The van der Waals surface area contributed by atoms with E-state index >= 15 is 0 Å². The fraction of sp³-hybridized carbons (Fsp3) is 0.176. The van der Waals surface area contributed by atoms with Gasteiger partial charge >= 0.3 is 0 Å². The fourth-order valence-corrected chi connectivity index (χ4v) is 2.47. The van der Waals surface area contributed by atoms with Crippen molar-refractivity contribution in [3.05, 3.63) is 52.2 Å². The van der Waals surface area contributed by atoms with Gasteiger partial charge in [0.2, 0.25) is 0 Å². The summed E-state index contributed by atoms with van der Waals surface area (Å²) in [5.41, 5.74) is 0.497. The van der Waals surface area contributed by atoms with Gasteiger partial charge in [0.1, 0.15) is 5.58 Å². The quantitative estimate of drug-likeness (QED) is 0.588. The predicted molar refractivity (Wildman–Crippen MR) is 80.9 cm³/mol. The van der Waals surface area contributed by atoms with Crippen LogP contribution in [0.25, 0.3) is 21.7 Å². The number of carbonyl (C=O) groups excluding carboxylic acids is 1. The molecule has 1 heterocycles. The molecule has 0 unspecified atom stereocenters. The maximum Gasteiger partial charge on any atom is 0.293 e. The van der Waals surface area contributed by atoms with Gasteiger partial charge in [-0.25, -0.2) is 0 Å². The molecule has 4 heteroatoms. The van der Waals surface area contributed by atoms with Crippen LogP contribution >= 0.6 is 0 Å². The molecule has 0 aliphatic heterocycles. The maximum absolute atomic E-state index is 12.0. The summed E-state index contributed by atoms with van der Waals surface area (Å²) in [6.45, 7) is 1.90. The Morgan fingerprint density at radius 3 is 2.67 bits per heavy atom. The lowest BCUT2D eigenvalue weighted by atomic mass is 10.0. The summed E-state index contributed by atoms with van der Waals surface area (Å²) < 4.78 is 5.34. The molecule has 1 N–H and O–H groups in total. The van der Waals surface area contributed by atoms with Gasteiger partial charge < -0.3 is 9.52 Å². The van der Waals surface area contributed by atoms with Crippen LogP contribution in [0.5, 0.6) is 5.95 Å². The smallest absolute Gasteiger partial charge is 0.293 e. The highest BCUT2D eigenvalue weighted by molar-refractivity contribution is 6.09. The van der Waals surface area contributed by atoms with Crippen LogP contribution in [0.15, 0.2) is 45.6 Å². The molecule has 3 rings (SSSR count). The van der Waals surface area contributed by atoms with E-state index in [1.54, 1.807) is 18.2 Å². The molecule has 0 aliphatic rings. The maximum atomic E-state index is 12.0. The Balaban J connectivity index is 2.36. The minimum atomic E-state index is -0.376. The summed E-state index contributed by atoms with van der Waals surface area (Å²) >= 11 is 0. The van der Waals surface area contributed by atoms with E-state index < -0.39 is 0 Å². The van der Waals surface area contributed by atoms with Gasteiger partial charge in [0, 0.05) is 11.8 Å². The molecule has 0 aliphatic carbocycles. The topological polar surface area (TPSA) is 67.5 Å². The minimum Gasteiger partial charge on any atom is -0.480 e. The SMILES string of the molecule is CCCC(=O)c1cc2c(ccc3ccc(=O)cc32)oc1O. The van der Waals surface area contributed by atoms with Gasteiger partial charge in [-0.05, 0) is 41.5 Å². The number of carbonyl (C=O) groups is 1. The molecule has 0 saturated carbocycles. The zero-order valence-electron chi connectivity index (χ0n) is 11.6. The Kier molecular flexibility index (Phi) is 3.22. The Morgan fingerprint density at radius 1 is 1.14 bits per heavy atom. The van der Waals surface area contributed by atoms with E-state index in [2.05, 4.69) is 0 Å². The highest BCUT2D eigenvalue weighted by atomic mass is 16.5. The molecular formula is C17H14O4. The van der Waals surface area contributed by atoms with Gasteiger partial charge in [0.15, 0.2) is 11.2 Å². The largest absolute Gasteiger partial charge is 0.480 e. The van der Waals surface area contributed by atoms with Crippen LogP contribution in [0.3, 0.4) is 0 Å². The third-order valence-electron chi connectivity index (χ3n) is 3.50. The second-order valence-electron chi connectivity index (χ2n) is 5.00. The normalized spacial score (nSPS) is 11.1. The van der Waals surface area contributed by atoms with Crippen LogP contribution in [-0.2, 0) is 0 Å². The molecule has 106 valence electrons. The summed E-state index contributed by atoms with van der Waals surface area (Å²) in [7, 11) is 0. The molecule has 0 spiro atoms. The van der Waals surface area contributed by atoms with E-state index in [0.29, 0.717) is 29.2 Å². The van der Waals surface area contributed by atoms with Crippen molar-refractivity contribution in [1.29, 1.82) is 0 Å². The third kappa shape index (κ3) is 2.29. The molecule has 4 nitrogen and oxygen atoms in total. The van der Waals surface area contributed by atoms with Gasteiger partial charge in [-0.1, -0.05) is 19.1 Å². The first kappa shape index (κ1) is 13.4. The molecule has 0 saturated heterocycles. The van der Waals surface area contributed by atoms with Gasteiger partial charge in [-0.15, -0.1) is 0 Å². The first-order valence-electron chi connectivity index (χ1n) is 6.83. The Morgan fingerprint density at radius 2 is 1.90 bits per heavy atom. The molecular weight excluding hydrogens is 268 g/mol.